The third-order valence-corrected chi connectivity index (χ3v) is 5.31. The van der Waals surface area contributed by atoms with Gasteiger partial charge in [0.25, 0.3) is 0 Å². The fourth-order valence-electron chi connectivity index (χ4n) is 3.12. The second kappa shape index (κ2) is 7.34. The molecule has 3 rings (SSSR count). The van der Waals surface area contributed by atoms with Crippen LogP contribution >= 0.6 is 11.8 Å². The number of carbonyl (C=O) groups excluding carboxylic acids is 1. The van der Waals surface area contributed by atoms with Gasteiger partial charge in [-0.1, -0.05) is 11.8 Å². The van der Waals surface area contributed by atoms with E-state index in [1.807, 2.05) is 37.8 Å². The molecule has 6 nitrogen and oxygen atoms in total. The van der Waals surface area contributed by atoms with Crippen LogP contribution in [-0.4, -0.2) is 49.3 Å². The van der Waals surface area contributed by atoms with Crippen molar-refractivity contribution in [2.24, 2.45) is 0 Å². The van der Waals surface area contributed by atoms with Crippen LogP contribution in [0.2, 0.25) is 0 Å². The van der Waals surface area contributed by atoms with Gasteiger partial charge < -0.3 is 4.90 Å². The summed E-state index contributed by atoms with van der Waals surface area (Å²) in [4.78, 5) is 23.5. The Hall–Kier alpha value is -1.89. The Morgan fingerprint density at radius 3 is 2.54 bits per heavy atom. The molecule has 7 heteroatoms. The molecule has 0 saturated carbocycles. The van der Waals surface area contributed by atoms with E-state index in [1.54, 1.807) is 6.20 Å². The van der Waals surface area contributed by atoms with Gasteiger partial charge in [0.1, 0.15) is 0 Å². The third-order valence-electron chi connectivity index (χ3n) is 4.36. The van der Waals surface area contributed by atoms with E-state index in [0.29, 0.717) is 11.1 Å². The zero-order valence-corrected chi connectivity index (χ0v) is 15.1. The lowest BCUT2D eigenvalue weighted by Crippen LogP contribution is -2.41. The molecule has 0 unspecified atom stereocenters. The van der Waals surface area contributed by atoms with Crippen LogP contribution in [0.15, 0.2) is 23.5 Å². The Morgan fingerprint density at radius 1 is 1.29 bits per heavy atom. The van der Waals surface area contributed by atoms with E-state index in [4.69, 9.17) is 0 Å². The monoisotopic (exact) mass is 345 g/mol. The maximum Gasteiger partial charge on any atom is 0.235 e. The van der Waals surface area contributed by atoms with E-state index in [-0.39, 0.29) is 11.2 Å². The molecule has 1 saturated heterocycles. The highest BCUT2D eigenvalue weighted by Gasteiger charge is 2.28. The first-order valence-electron chi connectivity index (χ1n) is 8.30. The standard InChI is InChI=1S/C17H23N5OS/c1-11-10-12(2)20-17(19-11)24-13(3)16(23)22-8-5-14(6-9-22)15-4-7-18-21-15/h4,7,10,13-14H,5-6,8-9H2,1-3H3,(H,18,21)/t13-/m1/s1. The number of thioether (sulfide) groups is 1. The van der Waals surface area contributed by atoms with Crippen LogP contribution in [-0.2, 0) is 4.79 Å². The minimum atomic E-state index is -0.171. The molecule has 24 heavy (non-hydrogen) atoms. The van der Waals surface area contributed by atoms with Crippen LogP contribution in [0.3, 0.4) is 0 Å². The van der Waals surface area contributed by atoms with Gasteiger partial charge in [-0.2, -0.15) is 5.10 Å². The molecule has 0 bridgehead atoms. The van der Waals surface area contributed by atoms with E-state index in [9.17, 15) is 4.79 Å². The van der Waals surface area contributed by atoms with Gasteiger partial charge in [-0.15, -0.1) is 0 Å². The Bertz CT molecular complexity index is 675. The van der Waals surface area contributed by atoms with Gasteiger partial charge in [-0.3, -0.25) is 9.89 Å². The molecule has 0 spiro atoms. The molecule has 0 aliphatic carbocycles. The minimum absolute atomic E-state index is 0.171. The van der Waals surface area contributed by atoms with Crippen LogP contribution < -0.4 is 0 Å². The largest absolute Gasteiger partial charge is 0.342 e. The highest BCUT2D eigenvalue weighted by atomic mass is 32.2. The molecule has 1 N–H and O–H groups in total. The molecule has 1 atom stereocenters. The maximum absolute atomic E-state index is 12.7. The van der Waals surface area contributed by atoms with Gasteiger partial charge in [0.15, 0.2) is 5.16 Å². The maximum atomic E-state index is 12.7. The Kier molecular flexibility index (Phi) is 5.18. The fraction of sp³-hybridized carbons (Fsp3) is 0.529. The number of hydrogen-bond donors (Lipinski definition) is 1. The SMILES string of the molecule is Cc1cc(C)nc(S[C@H](C)C(=O)N2CCC(c3ccn[nH]3)CC2)n1. The Balaban J connectivity index is 1.56. The van der Waals surface area contributed by atoms with Crippen LogP contribution in [0, 0.1) is 13.8 Å². The highest BCUT2D eigenvalue weighted by molar-refractivity contribution is 8.00. The van der Waals surface area contributed by atoms with Crippen molar-refractivity contribution in [1.82, 2.24) is 25.1 Å². The molecule has 2 aromatic rings. The number of H-pyrrole nitrogens is 1. The van der Waals surface area contributed by atoms with Crippen LogP contribution in [0.1, 0.15) is 42.8 Å². The summed E-state index contributed by atoms with van der Waals surface area (Å²) in [6, 6.07) is 3.97. The molecule has 3 heterocycles. The first kappa shape index (κ1) is 17.0. The summed E-state index contributed by atoms with van der Waals surface area (Å²) in [6.07, 6.45) is 3.74. The summed E-state index contributed by atoms with van der Waals surface area (Å²) >= 11 is 1.44. The average molecular weight is 345 g/mol. The number of aromatic nitrogens is 4. The summed E-state index contributed by atoms with van der Waals surface area (Å²) in [6.45, 7) is 7.42. The first-order chi connectivity index (χ1) is 11.5. The third kappa shape index (κ3) is 3.95. The molecule has 1 aliphatic rings. The number of likely N-dealkylation sites (tertiary alicyclic amines) is 1. The second-order valence-electron chi connectivity index (χ2n) is 6.30. The lowest BCUT2D eigenvalue weighted by atomic mass is 9.93. The zero-order valence-electron chi connectivity index (χ0n) is 14.3. The number of aryl methyl sites for hydroxylation is 2. The van der Waals surface area contributed by atoms with Gasteiger partial charge in [-0.05, 0) is 45.7 Å². The predicted octanol–water partition coefficient (Wildman–Crippen LogP) is 2.70. The smallest absolute Gasteiger partial charge is 0.235 e. The zero-order chi connectivity index (χ0) is 17.1. The first-order valence-corrected chi connectivity index (χ1v) is 9.18. The van der Waals surface area contributed by atoms with E-state index in [2.05, 4.69) is 20.2 Å². The van der Waals surface area contributed by atoms with E-state index in [0.717, 1.165) is 37.3 Å². The number of nitrogens with zero attached hydrogens (tertiary/aromatic N) is 4. The number of nitrogens with one attached hydrogen (secondary N) is 1. The number of amides is 1. The lowest BCUT2D eigenvalue weighted by molar-refractivity contribution is -0.131. The second-order valence-corrected chi connectivity index (χ2v) is 7.61. The van der Waals surface area contributed by atoms with E-state index in [1.165, 1.54) is 17.5 Å². The minimum Gasteiger partial charge on any atom is -0.342 e. The lowest BCUT2D eigenvalue weighted by Gasteiger charge is -2.32. The molecular formula is C17H23N5OS. The van der Waals surface area contributed by atoms with Crippen molar-refractivity contribution in [1.29, 1.82) is 0 Å². The quantitative estimate of drug-likeness (QED) is 0.681. The number of aromatic amines is 1. The fourth-order valence-corrected chi connectivity index (χ4v) is 4.08. The Morgan fingerprint density at radius 2 is 1.96 bits per heavy atom. The highest BCUT2D eigenvalue weighted by Crippen LogP contribution is 2.28. The normalized spacial score (nSPS) is 17.0. The van der Waals surface area contributed by atoms with E-state index < -0.39 is 0 Å². The number of hydrogen-bond acceptors (Lipinski definition) is 5. The van der Waals surface area contributed by atoms with Crippen molar-refractivity contribution in [2.75, 3.05) is 13.1 Å². The molecule has 128 valence electrons. The molecular weight excluding hydrogens is 322 g/mol. The number of rotatable bonds is 4. The van der Waals surface area contributed by atoms with Gasteiger partial charge in [0.2, 0.25) is 5.91 Å². The van der Waals surface area contributed by atoms with E-state index >= 15 is 0 Å². The van der Waals surface area contributed by atoms with Crippen LogP contribution in [0.25, 0.3) is 0 Å². The molecule has 1 aliphatic heterocycles. The van der Waals surface area contributed by atoms with Crippen molar-refractivity contribution < 1.29 is 4.79 Å². The average Bonchev–Trinajstić information content (AvgIpc) is 3.07. The van der Waals surface area contributed by atoms with Gasteiger partial charge in [0.05, 0.1) is 5.25 Å². The van der Waals surface area contributed by atoms with Crippen LogP contribution in [0.4, 0.5) is 0 Å². The van der Waals surface area contributed by atoms with Gasteiger partial charge in [0, 0.05) is 42.3 Å². The molecule has 0 aromatic carbocycles. The van der Waals surface area contributed by atoms with Crippen molar-refractivity contribution in [3.63, 3.8) is 0 Å². The van der Waals surface area contributed by atoms with Crippen LogP contribution in [0.5, 0.6) is 0 Å². The molecule has 2 aromatic heterocycles. The summed E-state index contributed by atoms with van der Waals surface area (Å²) in [5.74, 6) is 0.646. The number of carbonyl (C=O) groups is 1. The number of piperidine rings is 1. The van der Waals surface area contributed by atoms with Crippen molar-refractivity contribution in [3.05, 3.63) is 35.4 Å². The van der Waals surface area contributed by atoms with Crippen molar-refractivity contribution >= 4 is 17.7 Å². The summed E-state index contributed by atoms with van der Waals surface area (Å²) in [7, 11) is 0. The topological polar surface area (TPSA) is 74.8 Å². The Labute approximate surface area is 146 Å². The summed E-state index contributed by atoms with van der Waals surface area (Å²) in [5, 5.41) is 7.57. The summed E-state index contributed by atoms with van der Waals surface area (Å²) in [5.41, 5.74) is 3.04. The molecule has 1 amide bonds. The molecule has 1 fully saturated rings. The summed E-state index contributed by atoms with van der Waals surface area (Å²) < 4.78 is 0. The molecule has 0 radical (unpaired) electrons. The van der Waals surface area contributed by atoms with Crippen molar-refractivity contribution in [3.8, 4) is 0 Å². The van der Waals surface area contributed by atoms with Gasteiger partial charge in [-0.25, -0.2) is 9.97 Å². The predicted molar refractivity (Wildman–Crippen MR) is 94.0 cm³/mol. The van der Waals surface area contributed by atoms with Gasteiger partial charge >= 0.3 is 0 Å². The van der Waals surface area contributed by atoms with Crippen molar-refractivity contribution in [2.45, 2.75) is 49.9 Å².